The maximum atomic E-state index is 11.5. The molecule has 6 nitrogen and oxygen atoms in total. The standard InChI is InChI=1S/C26H28N4O2/c1-17(32)28-21-4-2-3-19(13-21)20-5-6-24-23(14-20)26-22(25(16-31)29-24)9-12-30(26)15-18-7-10-27-11-8-18/h2-8,10-11,13-14,22,25-26,29,31H,9,12,15-16H2,1H3,(H,28,32)/t22-,25-,26-/m1/s1. The molecule has 3 N–H and O–H groups in total. The lowest BCUT2D eigenvalue weighted by atomic mass is 9.82. The summed E-state index contributed by atoms with van der Waals surface area (Å²) in [6, 6.07) is 18.9. The summed E-state index contributed by atoms with van der Waals surface area (Å²) in [6.07, 6.45) is 4.74. The van der Waals surface area contributed by atoms with Crippen LogP contribution in [-0.4, -0.2) is 40.1 Å². The van der Waals surface area contributed by atoms with Crippen molar-refractivity contribution in [3.8, 4) is 11.1 Å². The molecule has 0 radical (unpaired) electrons. The Kier molecular flexibility index (Phi) is 5.64. The summed E-state index contributed by atoms with van der Waals surface area (Å²) in [4.78, 5) is 18.1. The van der Waals surface area contributed by atoms with Gasteiger partial charge in [-0.25, -0.2) is 0 Å². The van der Waals surface area contributed by atoms with E-state index in [1.165, 1.54) is 18.1 Å². The van der Waals surface area contributed by atoms with E-state index in [0.717, 1.165) is 42.0 Å². The van der Waals surface area contributed by atoms with Crippen LogP contribution in [0.3, 0.4) is 0 Å². The van der Waals surface area contributed by atoms with Crippen LogP contribution in [0.5, 0.6) is 0 Å². The number of benzene rings is 2. The summed E-state index contributed by atoms with van der Waals surface area (Å²) in [7, 11) is 0. The lowest BCUT2D eigenvalue weighted by molar-refractivity contribution is -0.114. The van der Waals surface area contributed by atoms with Crippen molar-refractivity contribution < 1.29 is 9.90 Å². The fourth-order valence-electron chi connectivity index (χ4n) is 5.22. The second-order valence-corrected chi connectivity index (χ2v) is 8.72. The van der Waals surface area contributed by atoms with Gasteiger partial charge >= 0.3 is 0 Å². The first-order chi connectivity index (χ1) is 15.6. The van der Waals surface area contributed by atoms with Gasteiger partial charge in [0.1, 0.15) is 0 Å². The minimum atomic E-state index is -0.0765. The van der Waals surface area contributed by atoms with Crippen LogP contribution < -0.4 is 10.6 Å². The van der Waals surface area contributed by atoms with E-state index < -0.39 is 0 Å². The molecule has 0 saturated carbocycles. The van der Waals surface area contributed by atoms with Crippen molar-refractivity contribution >= 4 is 17.3 Å². The molecule has 3 aromatic rings. The summed E-state index contributed by atoms with van der Waals surface area (Å²) >= 11 is 0. The molecule has 3 atom stereocenters. The number of nitrogens with one attached hydrogen (secondary N) is 2. The second-order valence-electron chi connectivity index (χ2n) is 8.72. The third kappa shape index (κ3) is 3.99. The predicted octanol–water partition coefficient (Wildman–Crippen LogP) is 4.06. The summed E-state index contributed by atoms with van der Waals surface area (Å²) in [5, 5.41) is 16.5. The van der Waals surface area contributed by atoms with Gasteiger partial charge in [0, 0.05) is 49.2 Å². The van der Waals surface area contributed by atoms with Gasteiger partial charge in [0.2, 0.25) is 5.91 Å². The molecule has 6 heteroatoms. The molecule has 0 bridgehead atoms. The zero-order valence-corrected chi connectivity index (χ0v) is 18.2. The molecule has 3 heterocycles. The van der Waals surface area contributed by atoms with Crippen LogP contribution in [0.15, 0.2) is 67.0 Å². The molecule has 32 heavy (non-hydrogen) atoms. The average molecular weight is 429 g/mol. The van der Waals surface area contributed by atoms with Gasteiger partial charge in [0.25, 0.3) is 0 Å². The smallest absolute Gasteiger partial charge is 0.221 e. The predicted molar refractivity (Wildman–Crippen MR) is 126 cm³/mol. The van der Waals surface area contributed by atoms with Gasteiger partial charge in [-0.3, -0.25) is 14.7 Å². The van der Waals surface area contributed by atoms with Crippen molar-refractivity contribution in [3.05, 3.63) is 78.1 Å². The molecule has 164 valence electrons. The van der Waals surface area contributed by atoms with Gasteiger partial charge in [0.05, 0.1) is 12.6 Å². The molecule has 1 amide bonds. The van der Waals surface area contributed by atoms with Gasteiger partial charge in [-0.15, -0.1) is 0 Å². The number of amides is 1. The number of rotatable bonds is 5. The van der Waals surface area contributed by atoms with Crippen molar-refractivity contribution in [2.24, 2.45) is 5.92 Å². The number of anilines is 2. The van der Waals surface area contributed by atoms with E-state index in [-0.39, 0.29) is 24.6 Å². The Labute approximate surface area is 188 Å². The Morgan fingerprint density at radius 3 is 2.75 bits per heavy atom. The number of aliphatic hydroxyl groups excluding tert-OH is 1. The first-order valence-corrected chi connectivity index (χ1v) is 11.1. The van der Waals surface area contributed by atoms with E-state index in [0.29, 0.717) is 5.92 Å². The van der Waals surface area contributed by atoms with Crippen LogP contribution in [0.2, 0.25) is 0 Å². The highest BCUT2D eigenvalue weighted by atomic mass is 16.3. The van der Waals surface area contributed by atoms with Crippen LogP contribution in [-0.2, 0) is 11.3 Å². The fraction of sp³-hybridized carbons (Fsp3) is 0.308. The number of fused-ring (bicyclic) bond motifs is 3. The molecule has 2 aliphatic heterocycles. The molecule has 0 aliphatic carbocycles. The van der Waals surface area contributed by atoms with Crippen LogP contribution in [0, 0.1) is 5.92 Å². The van der Waals surface area contributed by atoms with Crippen LogP contribution in [0.4, 0.5) is 11.4 Å². The quantitative estimate of drug-likeness (QED) is 0.571. The zero-order valence-electron chi connectivity index (χ0n) is 18.2. The normalized spacial score (nSPS) is 22.0. The minimum Gasteiger partial charge on any atom is -0.394 e. The summed E-state index contributed by atoms with van der Waals surface area (Å²) < 4.78 is 0. The third-order valence-electron chi connectivity index (χ3n) is 6.62. The Morgan fingerprint density at radius 1 is 1.16 bits per heavy atom. The average Bonchev–Trinajstić information content (AvgIpc) is 3.22. The fourth-order valence-corrected chi connectivity index (χ4v) is 5.22. The third-order valence-corrected chi connectivity index (χ3v) is 6.62. The van der Waals surface area contributed by atoms with Crippen LogP contribution in [0.1, 0.15) is 30.5 Å². The number of hydrogen-bond donors (Lipinski definition) is 3. The van der Waals surface area contributed by atoms with E-state index in [1.807, 2.05) is 30.6 Å². The number of aromatic nitrogens is 1. The number of pyridine rings is 1. The molecule has 1 saturated heterocycles. The highest BCUT2D eigenvalue weighted by Crippen LogP contribution is 2.47. The lowest BCUT2D eigenvalue weighted by Gasteiger charge is -2.39. The van der Waals surface area contributed by atoms with Crippen molar-refractivity contribution in [2.45, 2.75) is 32.0 Å². The Balaban J connectivity index is 1.51. The molecule has 2 aliphatic rings. The Bertz CT molecular complexity index is 1120. The lowest BCUT2D eigenvalue weighted by Crippen LogP contribution is -2.41. The Hall–Kier alpha value is -3.22. The molecule has 1 aromatic heterocycles. The van der Waals surface area contributed by atoms with Gasteiger partial charge < -0.3 is 15.7 Å². The molecular formula is C26H28N4O2. The Morgan fingerprint density at radius 2 is 1.97 bits per heavy atom. The first kappa shape index (κ1) is 20.7. The van der Waals surface area contributed by atoms with Crippen molar-refractivity contribution in [2.75, 3.05) is 23.8 Å². The van der Waals surface area contributed by atoms with E-state index in [2.05, 4.69) is 56.9 Å². The first-order valence-electron chi connectivity index (χ1n) is 11.1. The van der Waals surface area contributed by atoms with Gasteiger partial charge in [-0.1, -0.05) is 18.2 Å². The monoisotopic (exact) mass is 428 g/mol. The molecule has 0 unspecified atom stereocenters. The van der Waals surface area contributed by atoms with E-state index in [9.17, 15) is 9.90 Å². The number of nitrogens with zero attached hydrogens (tertiary/aromatic N) is 2. The maximum Gasteiger partial charge on any atom is 0.221 e. The molecular weight excluding hydrogens is 400 g/mol. The second kappa shape index (κ2) is 8.73. The van der Waals surface area contributed by atoms with Gasteiger partial charge in [-0.05, 0) is 71.6 Å². The minimum absolute atomic E-state index is 0.0592. The SMILES string of the molecule is CC(=O)Nc1cccc(-c2ccc3c(c2)[C@H]2[C@H](CCN2Cc2ccncc2)[C@@H](CO)N3)c1. The molecule has 5 rings (SSSR count). The largest absolute Gasteiger partial charge is 0.394 e. The summed E-state index contributed by atoms with van der Waals surface area (Å²) in [6.45, 7) is 3.51. The number of aliphatic hydroxyl groups is 1. The van der Waals surface area contributed by atoms with Gasteiger partial charge in [0.15, 0.2) is 0 Å². The van der Waals surface area contributed by atoms with Crippen LogP contribution in [0.25, 0.3) is 11.1 Å². The van der Waals surface area contributed by atoms with Crippen LogP contribution >= 0.6 is 0 Å². The highest BCUT2D eigenvalue weighted by Gasteiger charge is 2.43. The number of hydrogen-bond acceptors (Lipinski definition) is 5. The van der Waals surface area contributed by atoms with E-state index in [4.69, 9.17) is 0 Å². The van der Waals surface area contributed by atoms with E-state index >= 15 is 0 Å². The topological polar surface area (TPSA) is 77.5 Å². The maximum absolute atomic E-state index is 11.5. The number of carbonyl (C=O) groups excluding carboxylic acids is 1. The molecule has 1 fully saturated rings. The van der Waals surface area contributed by atoms with Gasteiger partial charge in [-0.2, -0.15) is 0 Å². The summed E-state index contributed by atoms with van der Waals surface area (Å²) in [5.41, 5.74) is 6.60. The molecule has 2 aromatic carbocycles. The van der Waals surface area contributed by atoms with Crippen molar-refractivity contribution in [1.82, 2.24) is 9.88 Å². The number of likely N-dealkylation sites (tertiary alicyclic amines) is 1. The van der Waals surface area contributed by atoms with Crippen molar-refractivity contribution in [3.63, 3.8) is 0 Å². The zero-order chi connectivity index (χ0) is 22.1. The highest BCUT2D eigenvalue weighted by molar-refractivity contribution is 5.89. The van der Waals surface area contributed by atoms with E-state index in [1.54, 1.807) is 0 Å². The number of carbonyl (C=O) groups is 1. The summed E-state index contributed by atoms with van der Waals surface area (Å²) in [5.74, 6) is 0.280. The van der Waals surface area contributed by atoms with Crippen molar-refractivity contribution in [1.29, 1.82) is 0 Å². The molecule has 0 spiro atoms.